The summed E-state index contributed by atoms with van der Waals surface area (Å²) in [5.74, 6) is 0.580. The van der Waals surface area contributed by atoms with E-state index in [0.717, 1.165) is 17.9 Å². The molecule has 1 saturated carbocycles. The Morgan fingerprint density at radius 2 is 2.16 bits per heavy atom. The van der Waals surface area contributed by atoms with E-state index in [4.69, 9.17) is 0 Å². The highest BCUT2D eigenvalue weighted by Gasteiger charge is 2.45. The first-order chi connectivity index (χ1) is 8.98. The molecule has 1 aromatic heterocycles. The van der Waals surface area contributed by atoms with Gasteiger partial charge in [-0.15, -0.1) is 0 Å². The van der Waals surface area contributed by atoms with Crippen LogP contribution < -0.4 is 10.6 Å². The van der Waals surface area contributed by atoms with Crippen LogP contribution in [-0.2, 0) is 0 Å². The summed E-state index contributed by atoms with van der Waals surface area (Å²) in [6.07, 6.45) is 4.08. The Labute approximate surface area is 115 Å². The van der Waals surface area contributed by atoms with Crippen LogP contribution >= 0.6 is 0 Å². The molecule has 0 aliphatic heterocycles. The first-order valence-corrected chi connectivity index (χ1v) is 6.91. The van der Waals surface area contributed by atoms with Crippen molar-refractivity contribution in [3.8, 4) is 0 Å². The molecule has 2 N–H and O–H groups in total. The quantitative estimate of drug-likeness (QED) is 0.856. The smallest absolute Gasteiger partial charge is 0.254 e. The first-order valence-electron chi connectivity index (χ1n) is 6.91. The zero-order valence-electron chi connectivity index (χ0n) is 12.2. The third-order valence-corrected chi connectivity index (χ3v) is 4.27. The molecule has 0 bridgehead atoms. The molecule has 0 saturated heterocycles. The van der Waals surface area contributed by atoms with Crippen LogP contribution in [0.25, 0.3) is 0 Å². The summed E-state index contributed by atoms with van der Waals surface area (Å²) in [6, 6.07) is 1.89. The molecule has 2 rings (SSSR count). The van der Waals surface area contributed by atoms with Crippen LogP contribution in [0.4, 0.5) is 5.69 Å². The van der Waals surface area contributed by atoms with Crippen LogP contribution in [0, 0.1) is 18.3 Å². The second-order valence-corrected chi connectivity index (χ2v) is 5.82. The minimum Gasteiger partial charge on any atom is -0.387 e. The van der Waals surface area contributed by atoms with Crippen LogP contribution in [0.5, 0.6) is 0 Å². The Balaban J connectivity index is 2.04. The molecular formula is C15H23N3O. The van der Waals surface area contributed by atoms with Gasteiger partial charge in [0.15, 0.2) is 0 Å². The maximum Gasteiger partial charge on any atom is 0.254 e. The lowest BCUT2D eigenvalue weighted by Gasteiger charge is -2.20. The number of hydrogen-bond donors (Lipinski definition) is 2. The number of carbonyl (C=O) groups is 1. The third kappa shape index (κ3) is 2.88. The van der Waals surface area contributed by atoms with E-state index in [0.29, 0.717) is 16.9 Å². The second kappa shape index (κ2) is 5.19. The molecule has 1 heterocycles. The van der Waals surface area contributed by atoms with Crippen LogP contribution in [0.3, 0.4) is 0 Å². The van der Waals surface area contributed by atoms with E-state index in [1.54, 1.807) is 6.20 Å². The van der Waals surface area contributed by atoms with Gasteiger partial charge in [-0.2, -0.15) is 0 Å². The molecule has 1 amide bonds. The minimum atomic E-state index is -0.0382. The van der Waals surface area contributed by atoms with Gasteiger partial charge in [0.2, 0.25) is 0 Å². The molecule has 1 fully saturated rings. The van der Waals surface area contributed by atoms with Crippen molar-refractivity contribution < 1.29 is 4.79 Å². The number of aromatic nitrogens is 1. The SMILES string of the molecule is CNc1cc(C)ncc1C(=O)NCC1(C(C)C)CC1. The van der Waals surface area contributed by atoms with Crippen molar-refractivity contribution in [1.82, 2.24) is 10.3 Å². The van der Waals surface area contributed by atoms with E-state index in [-0.39, 0.29) is 5.91 Å². The zero-order valence-corrected chi connectivity index (χ0v) is 12.2. The second-order valence-electron chi connectivity index (χ2n) is 5.82. The summed E-state index contributed by atoms with van der Waals surface area (Å²) in [5.41, 5.74) is 2.68. The van der Waals surface area contributed by atoms with E-state index in [1.165, 1.54) is 12.8 Å². The van der Waals surface area contributed by atoms with Gasteiger partial charge in [-0.3, -0.25) is 9.78 Å². The lowest BCUT2D eigenvalue weighted by atomic mass is 9.92. The number of rotatable bonds is 5. The van der Waals surface area contributed by atoms with Gasteiger partial charge in [0, 0.05) is 25.5 Å². The highest BCUT2D eigenvalue weighted by molar-refractivity contribution is 5.99. The molecule has 4 heteroatoms. The topological polar surface area (TPSA) is 54.0 Å². The molecule has 0 spiro atoms. The molecule has 104 valence electrons. The molecule has 0 atom stereocenters. The fraction of sp³-hybridized carbons (Fsp3) is 0.600. The normalized spacial score (nSPS) is 16.3. The highest BCUT2D eigenvalue weighted by atomic mass is 16.1. The fourth-order valence-corrected chi connectivity index (χ4v) is 2.42. The summed E-state index contributed by atoms with van der Waals surface area (Å²) in [4.78, 5) is 16.4. The summed E-state index contributed by atoms with van der Waals surface area (Å²) in [6.45, 7) is 7.14. The van der Waals surface area contributed by atoms with Crippen molar-refractivity contribution in [2.75, 3.05) is 18.9 Å². The van der Waals surface area contributed by atoms with E-state index < -0.39 is 0 Å². The number of hydrogen-bond acceptors (Lipinski definition) is 3. The van der Waals surface area contributed by atoms with Gasteiger partial charge in [0.1, 0.15) is 0 Å². The number of anilines is 1. The average Bonchev–Trinajstić information content (AvgIpc) is 3.17. The maximum absolute atomic E-state index is 12.2. The van der Waals surface area contributed by atoms with Crippen LogP contribution in [0.15, 0.2) is 12.3 Å². The first kappa shape index (κ1) is 13.8. The summed E-state index contributed by atoms with van der Waals surface area (Å²) < 4.78 is 0. The van der Waals surface area contributed by atoms with Gasteiger partial charge in [-0.1, -0.05) is 13.8 Å². The third-order valence-electron chi connectivity index (χ3n) is 4.27. The van der Waals surface area contributed by atoms with Crippen molar-refractivity contribution >= 4 is 11.6 Å². The van der Waals surface area contributed by atoms with Gasteiger partial charge >= 0.3 is 0 Å². The number of amides is 1. The van der Waals surface area contributed by atoms with Crippen molar-refractivity contribution in [3.05, 3.63) is 23.5 Å². The highest BCUT2D eigenvalue weighted by Crippen LogP contribution is 2.51. The Morgan fingerprint density at radius 1 is 1.47 bits per heavy atom. The summed E-state index contributed by atoms with van der Waals surface area (Å²) in [5, 5.41) is 6.11. The van der Waals surface area contributed by atoms with Crippen molar-refractivity contribution in [1.29, 1.82) is 0 Å². The van der Waals surface area contributed by atoms with Crippen LogP contribution in [-0.4, -0.2) is 24.5 Å². The molecule has 1 aliphatic rings. The molecule has 1 aliphatic carbocycles. The zero-order chi connectivity index (χ0) is 14.0. The average molecular weight is 261 g/mol. The van der Waals surface area contributed by atoms with Gasteiger partial charge in [-0.25, -0.2) is 0 Å². The van der Waals surface area contributed by atoms with Gasteiger partial charge < -0.3 is 10.6 Å². The maximum atomic E-state index is 12.2. The predicted octanol–water partition coefficient (Wildman–Crippen LogP) is 2.60. The standard InChI is InChI=1S/C15H23N3O/c1-10(2)15(5-6-15)9-18-14(19)12-8-17-11(3)7-13(12)16-4/h7-8,10H,5-6,9H2,1-4H3,(H,16,17)(H,18,19). The molecule has 19 heavy (non-hydrogen) atoms. The van der Waals surface area contributed by atoms with Crippen molar-refractivity contribution in [3.63, 3.8) is 0 Å². The van der Waals surface area contributed by atoms with E-state index in [2.05, 4.69) is 29.5 Å². The predicted molar refractivity (Wildman–Crippen MR) is 77.4 cm³/mol. The van der Waals surface area contributed by atoms with E-state index >= 15 is 0 Å². The Kier molecular flexibility index (Phi) is 3.78. The van der Waals surface area contributed by atoms with Crippen LogP contribution in [0.2, 0.25) is 0 Å². The number of nitrogens with zero attached hydrogens (tertiary/aromatic N) is 1. The molecule has 0 unspecified atom stereocenters. The lowest BCUT2D eigenvalue weighted by Crippen LogP contribution is -2.33. The largest absolute Gasteiger partial charge is 0.387 e. The Hall–Kier alpha value is -1.58. The number of aryl methyl sites for hydroxylation is 1. The number of pyridine rings is 1. The summed E-state index contributed by atoms with van der Waals surface area (Å²) in [7, 11) is 1.82. The summed E-state index contributed by atoms with van der Waals surface area (Å²) >= 11 is 0. The van der Waals surface area contributed by atoms with Gasteiger partial charge in [0.25, 0.3) is 5.91 Å². The fourth-order valence-electron chi connectivity index (χ4n) is 2.42. The van der Waals surface area contributed by atoms with Crippen molar-refractivity contribution in [2.24, 2.45) is 11.3 Å². The van der Waals surface area contributed by atoms with Crippen molar-refractivity contribution in [2.45, 2.75) is 33.6 Å². The van der Waals surface area contributed by atoms with Gasteiger partial charge in [0.05, 0.1) is 11.3 Å². The number of carbonyl (C=O) groups excluding carboxylic acids is 1. The van der Waals surface area contributed by atoms with Crippen LogP contribution in [0.1, 0.15) is 42.7 Å². The molecule has 0 aromatic carbocycles. The van der Waals surface area contributed by atoms with E-state index in [9.17, 15) is 4.79 Å². The van der Waals surface area contributed by atoms with E-state index in [1.807, 2.05) is 20.0 Å². The monoisotopic (exact) mass is 261 g/mol. The molecule has 4 nitrogen and oxygen atoms in total. The molecule has 0 radical (unpaired) electrons. The lowest BCUT2D eigenvalue weighted by molar-refractivity contribution is 0.0940. The molecule has 1 aromatic rings. The minimum absolute atomic E-state index is 0.0382. The van der Waals surface area contributed by atoms with Gasteiger partial charge in [-0.05, 0) is 37.2 Å². The number of nitrogens with one attached hydrogen (secondary N) is 2. The molecular weight excluding hydrogens is 238 g/mol. The Bertz CT molecular complexity index is 478. The Morgan fingerprint density at radius 3 is 2.68 bits per heavy atom.